The van der Waals surface area contributed by atoms with Crippen molar-refractivity contribution in [1.29, 1.82) is 0 Å². The van der Waals surface area contributed by atoms with Crippen LogP contribution in [-0.2, 0) is 11.2 Å². The monoisotopic (exact) mass is 426 g/mol. The second-order valence-electron chi connectivity index (χ2n) is 8.64. The van der Waals surface area contributed by atoms with E-state index < -0.39 is 0 Å². The molecule has 0 aromatic heterocycles. The van der Waals surface area contributed by atoms with Gasteiger partial charge in [0.15, 0.2) is 0 Å². The number of likely N-dealkylation sites (tertiary alicyclic amines) is 1. The highest BCUT2D eigenvalue weighted by Crippen LogP contribution is 2.22. The van der Waals surface area contributed by atoms with Gasteiger partial charge in [-0.2, -0.15) is 0 Å². The molecule has 0 unspecified atom stereocenters. The molecule has 1 atom stereocenters. The van der Waals surface area contributed by atoms with Crippen LogP contribution in [-0.4, -0.2) is 29.8 Å². The van der Waals surface area contributed by atoms with E-state index in [0.717, 1.165) is 12.0 Å². The number of piperidine rings is 1. The summed E-state index contributed by atoms with van der Waals surface area (Å²) in [6.45, 7) is 7.64. The van der Waals surface area contributed by atoms with Crippen molar-refractivity contribution in [2.24, 2.45) is 11.8 Å². The van der Waals surface area contributed by atoms with Gasteiger partial charge < -0.3 is 10.2 Å². The highest BCUT2D eigenvalue weighted by Gasteiger charge is 2.28. The first-order chi connectivity index (χ1) is 14.3. The van der Waals surface area contributed by atoms with E-state index >= 15 is 0 Å². The number of nitrogens with zero attached hydrogens (tertiary/aromatic N) is 1. The van der Waals surface area contributed by atoms with Crippen LogP contribution in [0.15, 0.2) is 48.5 Å². The summed E-state index contributed by atoms with van der Waals surface area (Å²) < 4.78 is 0. The number of rotatable bonds is 6. The van der Waals surface area contributed by atoms with Gasteiger partial charge in [0, 0.05) is 29.6 Å². The van der Waals surface area contributed by atoms with Gasteiger partial charge >= 0.3 is 0 Å². The Morgan fingerprint density at radius 3 is 2.17 bits per heavy atom. The highest BCUT2D eigenvalue weighted by molar-refractivity contribution is 6.30. The highest BCUT2D eigenvalue weighted by atomic mass is 35.5. The molecule has 3 rings (SSSR count). The van der Waals surface area contributed by atoms with Crippen molar-refractivity contribution in [2.45, 2.75) is 46.1 Å². The third kappa shape index (κ3) is 5.85. The predicted octanol–water partition coefficient (Wildman–Crippen LogP) is 5.27. The zero-order chi connectivity index (χ0) is 21.7. The second kappa shape index (κ2) is 10.1. The Morgan fingerprint density at radius 1 is 1.00 bits per heavy atom. The standard InChI is InChI=1S/C25H31ClN2O2/c1-17(2)16-19-4-6-20(7-5-19)18(3)27-24(29)21-12-14-28(15-13-21)25(30)22-8-10-23(26)11-9-22/h4-11,17-18,21H,12-16H2,1-3H3,(H,27,29)/t18-/m1/s1. The molecule has 5 heteroatoms. The Morgan fingerprint density at radius 2 is 1.60 bits per heavy atom. The molecule has 30 heavy (non-hydrogen) atoms. The Balaban J connectivity index is 1.50. The molecule has 1 heterocycles. The first-order valence-corrected chi connectivity index (χ1v) is 11.2. The lowest BCUT2D eigenvalue weighted by molar-refractivity contribution is -0.126. The predicted molar refractivity (Wildman–Crippen MR) is 122 cm³/mol. The summed E-state index contributed by atoms with van der Waals surface area (Å²) in [5.74, 6) is 0.653. The minimum Gasteiger partial charge on any atom is -0.349 e. The first-order valence-electron chi connectivity index (χ1n) is 10.8. The Bertz CT molecular complexity index is 854. The molecule has 0 spiro atoms. The number of hydrogen-bond donors (Lipinski definition) is 1. The molecule has 0 saturated carbocycles. The van der Waals surface area contributed by atoms with E-state index in [1.165, 1.54) is 5.56 Å². The Kier molecular flexibility index (Phi) is 7.54. The van der Waals surface area contributed by atoms with Crippen molar-refractivity contribution in [2.75, 3.05) is 13.1 Å². The number of amides is 2. The third-order valence-electron chi connectivity index (χ3n) is 5.73. The Hall–Kier alpha value is -2.33. The number of carbonyl (C=O) groups is 2. The second-order valence-corrected chi connectivity index (χ2v) is 9.08. The van der Waals surface area contributed by atoms with Crippen molar-refractivity contribution >= 4 is 23.4 Å². The molecule has 1 aliphatic rings. The van der Waals surface area contributed by atoms with Gasteiger partial charge in [-0.05, 0) is 67.5 Å². The molecule has 1 N–H and O–H groups in total. The van der Waals surface area contributed by atoms with Gasteiger partial charge in [-0.15, -0.1) is 0 Å². The normalized spacial score (nSPS) is 15.8. The summed E-state index contributed by atoms with van der Waals surface area (Å²) in [7, 11) is 0. The van der Waals surface area contributed by atoms with Crippen molar-refractivity contribution in [3.8, 4) is 0 Å². The molecule has 0 radical (unpaired) electrons. The van der Waals surface area contributed by atoms with Crippen LogP contribution in [0.5, 0.6) is 0 Å². The van der Waals surface area contributed by atoms with E-state index in [2.05, 4.69) is 43.4 Å². The molecule has 2 amide bonds. The first kappa shape index (κ1) is 22.4. The van der Waals surface area contributed by atoms with Crippen molar-refractivity contribution in [3.05, 3.63) is 70.2 Å². The average Bonchev–Trinajstić information content (AvgIpc) is 2.74. The number of nitrogens with one attached hydrogen (secondary N) is 1. The van der Waals surface area contributed by atoms with E-state index in [-0.39, 0.29) is 23.8 Å². The van der Waals surface area contributed by atoms with Gasteiger partial charge in [0.05, 0.1) is 6.04 Å². The molecule has 0 bridgehead atoms. The lowest BCUT2D eigenvalue weighted by Crippen LogP contribution is -2.43. The molecule has 1 fully saturated rings. The fourth-order valence-corrected chi connectivity index (χ4v) is 4.07. The van der Waals surface area contributed by atoms with Crippen LogP contribution in [0.2, 0.25) is 5.02 Å². The smallest absolute Gasteiger partial charge is 0.253 e. The summed E-state index contributed by atoms with van der Waals surface area (Å²) >= 11 is 5.90. The fourth-order valence-electron chi connectivity index (χ4n) is 3.95. The lowest BCUT2D eigenvalue weighted by atomic mass is 9.94. The van der Waals surface area contributed by atoms with Gasteiger partial charge in [-0.1, -0.05) is 49.7 Å². The van der Waals surface area contributed by atoms with Gasteiger partial charge in [0.2, 0.25) is 5.91 Å². The zero-order valence-corrected chi connectivity index (χ0v) is 18.8. The number of benzene rings is 2. The minimum absolute atomic E-state index is 0.000352. The number of carbonyl (C=O) groups excluding carboxylic acids is 2. The van der Waals surface area contributed by atoms with Gasteiger partial charge in [-0.3, -0.25) is 9.59 Å². The SMILES string of the molecule is CC(C)Cc1ccc([C@@H](C)NC(=O)C2CCN(C(=O)c3ccc(Cl)cc3)CC2)cc1. The molecule has 2 aromatic rings. The molecule has 1 saturated heterocycles. The number of halogens is 1. The third-order valence-corrected chi connectivity index (χ3v) is 5.98. The maximum absolute atomic E-state index is 12.7. The molecule has 1 aliphatic heterocycles. The molecule has 4 nitrogen and oxygen atoms in total. The Labute approximate surface area is 184 Å². The van der Waals surface area contributed by atoms with E-state index in [0.29, 0.717) is 42.4 Å². The van der Waals surface area contributed by atoms with Crippen molar-refractivity contribution in [3.63, 3.8) is 0 Å². The van der Waals surface area contributed by atoms with Crippen LogP contribution in [0.4, 0.5) is 0 Å². The molecule has 160 valence electrons. The van der Waals surface area contributed by atoms with Crippen LogP contribution in [0.25, 0.3) is 0 Å². The minimum atomic E-state index is -0.0538. The van der Waals surface area contributed by atoms with Gasteiger partial charge in [0.25, 0.3) is 5.91 Å². The van der Waals surface area contributed by atoms with Gasteiger partial charge in [0.1, 0.15) is 0 Å². The maximum Gasteiger partial charge on any atom is 0.253 e. The summed E-state index contributed by atoms with van der Waals surface area (Å²) in [6.07, 6.45) is 2.44. The summed E-state index contributed by atoms with van der Waals surface area (Å²) in [6, 6.07) is 15.4. The van der Waals surface area contributed by atoms with Crippen molar-refractivity contribution in [1.82, 2.24) is 10.2 Å². The van der Waals surface area contributed by atoms with E-state index in [1.807, 2.05) is 11.8 Å². The summed E-state index contributed by atoms with van der Waals surface area (Å²) in [5.41, 5.74) is 3.08. The van der Waals surface area contributed by atoms with Crippen LogP contribution >= 0.6 is 11.6 Å². The average molecular weight is 427 g/mol. The van der Waals surface area contributed by atoms with Crippen LogP contribution in [0, 0.1) is 11.8 Å². The van der Waals surface area contributed by atoms with Crippen LogP contribution in [0.1, 0.15) is 61.1 Å². The summed E-state index contributed by atoms with van der Waals surface area (Å²) in [5, 5.41) is 3.77. The van der Waals surface area contributed by atoms with E-state index in [9.17, 15) is 9.59 Å². The molecular weight excluding hydrogens is 396 g/mol. The lowest BCUT2D eigenvalue weighted by Gasteiger charge is -2.32. The molecule has 0 aliphatic carbocycles. The zero-order valence-electron chi connectivity index (χ0n) is 18.0. The quantitative estimate of drug-likeness (QED) is 0.684. The van der Waals surface area contributed by atoms with E-state index in [1.54, 1.807) is 24.3 Å². The van der Waals surface area contributed by atoms with Crippen LogP contribution in [0.3, 0.4) is 0 Å². The van der Waals surface area contributed by atoms with Crippen LogP contribution < -0.4 is 5.32 Å². The fraction of sp³-hybridized carbons (Fsp3) is 0.440. The largest absolute Gasteiger partial charge is 0.349 e. The molecular formula is C25H31ClN2O2. The van der Waals surface area contributed by atoms with E-state index in [4.69, 9.17) is 11.6 Å². The summed E-state index contributed by atoms with van der Waals surface area (Å²) in [4.78, 5) is 27.2. The van der Waals surface area contributed by atoms with Gasteiger partial charge in [-0.25, -0.2) is 0 Å². The maximum atomic E-state index is 12.7. The number of hydrogen-bond acceptors (Lipinski definition) is 2. The van der Waals surface area contributed by atoms with Crippen molar-refractivity contribution < 1.29 is 9.59 Å². The topological polar surface area (TPSA) is 49.4 Å². The molecule has 2 aromatic carbocycles.